The van der Waals surface area contributed by atoms with Crippen molar-refractivity contribution < 1.29 is 4.74 Å². The molecule has 0 atom stereocenters. The maximum absolute atomic E-state index is 5.86. The second-order valence-electron chi connectivity index (χ2n) is 4.30. The highest BCUT2D eigenvalue weighted by molar-refractivity contribution is 9.10. The molecule has 104 valence electrons. The van der Waals surface area contributed by atoms with Crippen LogP contribution in [0.15, 0.2) is 22.7 Å². The van der Waals surface area contributed by atoms with E-state index >= 15 is 0 Å². The zero-order chi connectivity index (χ0) is 13.7. The molecular weight excluding hydrogens is 328 g/mol. The molecule has 0 bridgehead atoms. The number of imidazole rings is 1. The van der Waals surface area contributed by atoms with Gasteiger partial charge in [-0.3, -0.25) is 0 Å². The molecule has 1 aromatic carbocycles. The average molecular weight is 346 g/mol. The minimum absolute atomic E-state index is 0.593. The molecular formula is C14H18BrClN2O. The summed E-state index contributed by atoms with van der Waals surface area (Å²) in [7, 11) is 0. The monoisotopic (exact) mass is 344 g/mol. The summed E-state index contributed by atoms with van der Waals surface area (Å²) in [5.74, 6) is 1.65. The molecule has 0 unspecified atom stereocenters. The zero-order valence-corrected chi connectivity index (χ0v) is 13.4. The van der Waals surface area contributed by atoms with Crippen LogP contribution in [0, 0.1) is 0 Å². The first-order chi connectivity index (χ1) is 9.26. The Kier molecular flexibility index (Phi) is 5.67. The number of aromatic nitrogens is 2. The Labute approximate surface area is 127 Å². The summed E-state index contributed by atoms with van der Waals surface area (Å²) in [6.45, 7) is 4.48. The fourth-order valence-electron chi connectivity index (χ4n) is 2.14. The summed E-state index contributed by atoms with van der Waals surface area (Å²) in [5, 5.41) is 0. The number of benzene rings is 1. The summed E-state index contributed by atoms with van der Waals surface area (Å²) in [4.78, 5) is 4.66. The smallest absolute Gasteiger partial charge is 0.111 e. The van der Waals surface area contributed by atoms with E-state index in [9.17, 15) is 0 Å². The molecule has 0 radical (unpaired) electrons. The normalized spacial score (nSPS) is 11.3. The first-order valence-electron chi connectivity index (χ1n) is 6.54. The van der Waals surface area contributed by atoms with Crippen LogP contribution in [0.25, 0.3) is 11.0 Å². The number of aryl methyl sites for hydroxylation is 2. The van der Waals surface area contributed by atoms with Crippen molar-refractivity contribution in [1.82, 2.24) is 9.55 Å². The number of nitrogens with zero attached hydrogens (tertiary/aromatic N) is 2. The molecule has 19 heavy (non-hydrogen) atoms. The lowest BCUT2D eigenvalue weighted by Crippen LogP contribution is -2.07. The van der Waals surface area contributed by atoms with Crippen molar-refractivity contribution in [3.8, 4) is 0 Å². The van der Waals surface area contributed by atoms with Gasteiger partial charge in [-0.25, -0.2) is 4.98 Å². The van der Waals surface area contributed by atoms with Gasteiger partial charge in [-0.1, -0.05) is 15.9 Å². The highest BCUT2D eigenvalue weighted by Crippen LogP contribution is 2.22. The standard InChI is InChI=1S/C14H18BrClN2O/c1-2-19-9-3-8-18-13-10-11(15)4-5-12(13)17-14(18)6-7-16/h4-5,10H,2-3,6-9H2,1H3. The predicted molar refractivity (Wildman–Crippen MR) is 83.0 cm³/mol. The van der Waals surface area contributed by atoms with E-state index < -0.39 is 0 Å². The predicted octanol–water partition coefficient (Wildman–Crippen LogP) is 4.01. The molecule has 0 N–H and O–H groups in total. The van der Waals surface area contributed by atoms with Crippen LogP contribution in [0.5, 0.6) is 0 Å². The van der Waals surface area contributed by atoms with Crippen LogP contribution in [-0.4, -0.2) is 28.6 Å². The summed E-state index contributed by atoms with van der Waals surface area (Å²) in [6, 6.07) is 6.17. The summed E-state index contributed by atoms with van der Waals surface area (Å²) in [6.07, 6.45) is 1.78. The maximum atomic E-state index is 5.86. The van der Waals surface area contributed by atoms with Crippen LogP contribution in [0.4, 0.5) is 0 Å². The number of alkyl halides is 1. The molecule has 3 nitrogen and oxygen atoms in total. The van der Waals surface area contributed by atoms with Gasteiger partial charge >= 0.3 is 0 Å². The van der Waals surface area contributed by atoms with Crippen LogP contribution in [-0.2, 0) is 17.7 Å². The molecule has 2 aromatic rings. The Balaban J connectivity index is 2.25. The van der Waals surface area contributed by atoms with Gasteiger partial charge in [0.15, 0.2) is 0 Å². The van der Waals surface area contributed by atoms with Crippen LogP contribution in [0.2, 0.25) is 0 Å². The van der Waals surface area contributed by atoms with Crippen molar-refractivity contribution in [1.29, 1.82) is 0 Å². The lowest BCUT2D eigenvalue weighted by atomic mass is 10.3. The molecule has 2 rings (SSSR count). The van der Waals surface area contributed by atoms with Gasteiger partial charge in [0.1, 0.15) is 5.82 Å². The molecule has 0 amide bonds. The van der Waals surface area contributed by atoms with Gasteiger partial charge in [-0.05, 0) is 31.5 Å². The van der Waals surface area contributed by atoms with E-state index in [0.717, 1.165) is 53.9 Å². The fourth-order valence-corrected chi connectivity index (χ4v) is 2.66. The summed E-state index contributed by atoms with van der Waals surface area (Å²) >= 11 is 9.38. The molecule has 0 aliphatic carbocycles. The minimum Gasteiger partial charge on any atom is -0.382 e. The Morgan fingerprint density at radius 2 is 2.26 bits per heavy atom. The van der Waals surface area contributed by atoms with Crippen LogP contribution < -0.4 is 0 Å². The minimum atomic E-state index is 0.593. The topological polar surface area (TPSA) is 27.1 Å². The lowest BCUT2D eigenvalue weighted by molar-refractivity contribution is 0.141. The third kappa shape index (κ3) is 3.71. The first kappa shape index (κ1) is 14.8. The quantitative estimate of drug-likeness (QED) is 0.560. The Morgan fingerprint density at radius 1 is 1.42 bits per heavy atom. The van der Waals surface area contributed by atoms with Crippen molar-refractivity contribution in [3.63, 3.8) is 0 Å². The van der Waals surface area contributed by atoms with Gasteiger partial charge in [0.2, 0.25) is 0 Å². The SMILES string of the molecule is CCOCCCn1c(CCCl)nc2ccc(Br)cc21. The summed E-state index contributed by atoms with van der Waals surface area (Å²) < 4.78 is 8.72. The number of hydrogen-bond acceptors (Lipinski definition) is 2. The van der Waals surface area contributed by atoms with E-state index in [4.69, 9.17) is 16.3 Å². The van der Waals surface area contributed by atoms with E-state index in [-0.39, 0.29) is 0 Å². The Morgan fingerprint density at radius 3 is 3.00 bits per heavy atom. The van der Waals surface area contributed by atoms with Gasteiger partial charge < -0.3 is 9.30 Å². The second-order valence-corrected chi connectivity index (χ2v) is 5.60. The van der Waals surface area contributed by atoms with Gasteiger partial charge in [0, 0.05) is 36.5 Å². The molecule has 0 saturated carbocycles. The molecule has 1 heterocycles. The molecule has 1 aromatic heterocycles. The molecule has 0 spiro atoms. The number of hydrogen-bond donors (Lipinski definition) is 0. The van der Waals surface area contributed by atoms with Gasteiger partial charge in [-0.2, -0.15) is 0 Å². The third-order valence-corrected chi connectivity index (χ3v) is 3.66. The number of ether oxygens (including phenoxy) is 1. The highest BCUT2D eigenvalue weighted by atomic mass is 79.9. The zero-order valence-electron chi connectivity index (χ0n) is 11.0. The van der Waals surface area contributed by atoms with Crippen molar-refractivity contribution in [2.24, 2.45) is 0 Å². The van der Waals surface area contributed by atoms with Crippen molar-refractivity contribution >= 4 is 38.6 Å². The van der Waals surface area contributed by atoms with Crippen molar-refractivity contribution in [3.05, 3.63) is 28.5 Å². The molecule has 0 fully saturated rings. The average Bonchev–Trinajstić information content (AvgIpc) is 2.73. The van der Waals surface area contributed by atoms with Gasteiger partial charge in [-0.15, -0.1) is 11.6 Å². The number of fused-ring (bicyclic) bond motifs is 1. The molecule has 0 aliphatic heterocycles. The van der Waals surface area contributed by atoms with E-state index in [1.54, 1.807) is 0 Å². The van der Waals surface area contributed by atoms with Gasteiger partial charge in [0.25, 0.3) is 0 Å². The van der Waals surface area contributed by atoms with E-state index in [1.807, 2.05) is 19.1 Å². The van der Waals surface area contributed by atoms with Gasteiger partial charge in [0.05, 0.1) is 11.0 Å². The largest absolute Gasteiger partial charge is 0.382 e. The molecule has 0 aliphatic rings. The van der Waals surface area contributed by atoms with Crippen LogP contribution in [0.3, 0.4) is 0 Å². The third-order valence-electron chi connectivity index (χ3n) is 2.98. The summed E-state index contributed by atoms with van der Waals surface area (Å²) in [5.41, 5.74) is 2.19. The van der Waals surface area contributed by atoms with E-state index in [1.165, 1.54) is 0 Å². The van der Waals surface area contributed by atoms with Crippen LogP contribution in [0.1, 0.15) is 19.2 Å². The lowest BCUT2D eigenvalue weighted by Gasteiger charge is -2.08. The van der Waals surface area contributed by atoms with Crippen molar-refractivity contribution in [2.45, 2.75) is 26.3 Å². The number of rotatable bonds is 7. The molecule has 0 saturated heterocycles. The highest BCUT2D eigenvalue weighted by Gasteiger charge is 2.10. The van der Waals surface area contributed by atoms with Crippen molar-refractivity contribution in [2.75, 3.05) is 19.1 Å². The first-order valence-corrected chi connectivity index (χ1v) is 7.87. The van der Waals surface area contributed by atoms with E-state index in [2.05, 4.69) is 31.5 Å². The molecule has 5 heteroatoms. The number of halogens is 2. The van der Waals surface area contributed by atoms with E-state index in [0.29, 0.717) is 5.88 Å². The second kappa shape index (κ2) is 7.27. The Bertz CT molecular complexity index is 541. The maximum Gasteiger partial charge on any atom is 0.111 e. The Hall–Kier alpha value is -0.580. The van der Waals surface area contributed by atoms with Crippen LogP contribution >= 0.6 is 27.5 Å². The fraction of sp³-hybridized carbons (Fsp3) is 0.500.